The predicted molar refractivity (Wildman–Crippen MR) is 212 cm³/mol. The first-order valence-electron chi connectivity index (χ1n) is 10.9. The highest BCUT2D eigenvalue weighted by molar-refractivity contribution is 8.15. The number of ether oxygens (including phenoxy) is 2. The van der Waals surface area contributed by atoms with Crippen molar-refractivity contribution >= 4 is 75.4 Å². The number of halogens is 8. The van der Waals surface area contributed by atoms with E-state index in [1.165, 1.54) is 19.8 Å². The van der Waals surface area contributed by atoms with Crippen LogP contribution in [0.15, 0.2) is 0 Å². The number of rotatable bonds is 15. The molecule has 0 spiro atoms. The van der Waals surface area contributed by atoms with Gasteiger partial charge < -0.3 is 14.6 Å². The molecule has 0 saturated carbocycles. The second kappa shape index (κ2) is 33.3. The lowest BCUT2D eigenvalue weighted by Crippen LogP contribution is -2.41. The van der Waals surface area contributed by atoms with Gasteiger partial charge in [0.1, 0.15) is 0 Å². The van der Waals surface area contributed by atoms with Crippen molar-refractivity contribution in [2.45, 2.75) is 121 Å². The van der Waals surface area contributed by atoms with Crippen LogP contribution in [0, 0.1) is 0 Å². The Hall–Kier alpha value is 3.19. The van der Waals surface area contributed by atoms with Gasteiger partial charge in [0.05, 0.1) is 17.5 Å². The molecule has 0 aromatic carbocycles. The van der Waals surface area contributed by atoms with Crippen LogP contribution in [0.1, 0.15) is 79.2 Å². The summed E-state index contributed by atoms with van der Waals surface area (Å²) in [6, 6.07) is 0. The van der Waals surface area contributed by atoms with Gasteiger partial charge in [-0.2, -0.15) is 35.1 Å². The van der Waals surface area contributed by atoms with Crippen LogP contribution < -0.4 is 0 Å². The summed E-state index contributed by atoms with van der Waals surface area (Å²) in [5.41, 5.74) is 0. The van der Waals surface area contributed by atoms with E-state index in [1.54, 1.807) is 0 Å². The second-order valence-electron chi connectivity index (χ2n) is 8.36. The molecule has 0 aliphatic rings. The van der Waals surface area contributed by atoms with E-state index in [0.717, 1.165) is 20.4 Å². The molecule has 0 aromatic heterocycles. The van der Waals surface area contributed by atoms with Gasteiger partial charge in [0.15, 0.2) is 0 Å². The number of aliphatic hydroxyl groups is 1. The van der Waals surface area contributed by atoms with Crippen LogP contribution in [0.2, 0.25) is 0 Å². The van der Waals surface area contributed by atoms with Crippen molar-refractivity contribution in [3.63, 3.8) is 0 Å². The van der Waals surface area contributed by atoms with Crippen LogP contribution in [0.4, 0.5) is 35.1 Å². The summed E-state index contributed by atoms with van der Waals surface area (Å²) in [4.78, 5) is 0. The molecule has 0 fully saturated rings. The van der Waals surface area contributed by atoms with Crippen LogP contribution in [0.5, 0.6) is 0 Å². The van der Waals surface area contributed by atoms with Gasteiger partial charge in [-0.15, -0.1) is 26.8 Å². The van der Waals surface area contributed by atoms with Gasteiger partial charge in [0.2, 0.25) is 0 Å². The van der Waals surface area contributed by atoms with Crippen LogP contribution in [-0.2, 0) is 9.47 Å². The summed E-state index contributed by atoms with van der Waals surface area (Å²) in [5, 5.41) is 8.81. The normalized spacial score (nSPS) is 16.1. The van der Waals surface area contributed by atoms with E-state index in [2.05, 4.69) is 42.9 Å². The van der Waals surface area contributed by atoms with Crippen molar-refractivity contribution in [1.29, 1.82) is 0 Å². The van der Waals surface area contributed by atoms with E-state index >= 15 is 0 Å². The molecular formula is C24H67F8O3P9. The molecular weight excluding hydrogens is 767 g/mol. The Morgan fingerprint density at radius 2 is 0.773 bits per heavy atom. The van der Waals surface area contributed by atoms with E-state index in [9.17, 15) is 35.1 Å². The first-order valence-corrected chi connectivity index (χ1v) is 25.5. The zero-order chi connectivity index (χ0) is 31.1. The molecule has 0 aromatic rings. The summed E-state index contributed by atoms with van der Waals surface area (Å²) in [7, 11) is 8.46. The van der Waals surface area contributed by atoms with Crippen LogP contribution in [-0.4, -0.2) is 84.4 Å². The Labute approximate surface area is 282 Å². The monoisotopic (exact) mass is 834 g/mol. The van der Waals surface area contributed by atoms with Gasteiger partial charge in [-0.05, 0) is 58.5 Å². The summed E-state index contributed by atoms with van der Waals surface area (Å²) >= 11 is 0. The van der Waals surface area contributed by atoms with Crippen molar-refractivity contribution in [2.24, 2.45) is 0 Å². The lowest BCUT2D eigenvalue weighted by molar-refractivity contribution is -0.344. The fraction of sp³-hybridized carbons (Fsp3) is 1.00. The average Bonchev–Trinajstić information content (AvgIpc) is 2.68. The molecule has 1 N–H and O–H groups in total. The van der Waals surface area contributed by atoms with E-state index in [1.807, 2.05) is 20.3 Å². The maximum atomic E-state index is 12.7. The molecule has 0 rings (SSSR count). The third-order valence-electron chi connectivity index (χ3n) is 3.56. The minimum absolute atomic E-state index is 0. The molecule has 0 aliphatic heterocycles. The minimum atomic E-state index is -4.38. The lowest BCUT2D eigenvalue weighted by atomic mass is 10.4. The highest BCUT2D eigenvalue weighted by Crippen LogP contribution is 2.49. The second-order valence-corrected chi connectivity index (χ2v) is 28.3. The van der Waals surface area contributed by atoms with Gasteiger partial charge in [-0.1, -0.05) is 93.1 Å². The van der Waals surface area contributed by atoms with Crippen LogP contribution in [0.3, 0.4) is 0 Å². The van der Waals surface area contributed by atoms with E-state index in [0.29, 0.717) is 0 Å². The zero-order valence-electron chi connectivity index (χ0n) is 22.7. The van der Waals surface area contributed by atoms with Crippen LogP contribution >= 0.6 is 75.4 Å². The molecule has 3 nitrogen and oxygen atoms in total. The fourth-order valence-electron chi connectivity index (χ4n) is 1.56. The summed E-state index contributed by atoms with van der Waals surface area (Å²) in [6.45, 7) is 11.1. The lowest BCUT2D eigenvalue weighted by Gasteiger charge is -2.26. The largest absolute Gasteiger partial charge is 0.419 e. The van der Waals surface area contributed by atoms with E-state index in [-0.39, 0.29) is 104 Å². The molecule has 0 saturated heterocycles. The zero-order valence-corrected chi connectivity index (χ0v) is 31.9. The fourth-order valence-corrected chi connectivity index (χ4v) is 11.4. The van der Waals surface area contributed by atoms with Crippen LogP contribution in [0.25, 0.3) is 0 Å². The molecule has 12 unspecified atom stereocenters. The van der Waals surface area contributed by atoms with Gasteiger partial charge in [-0.25, -0.2) is 0 Å². The van der Waals surface area contributed by atoms with E-state index in [4.69, 9.17) is 5.11 Å². The molecule has 0 radical (unpaired) electrons. The molecule has 282 valence electrons. The first kappa shape index (κ1) is 69.0. The predicted octanol–water partition coefficient (Wildman–Crippen LogP) is 13.9. The highest BCUT2D eigenvalue weighted by atomic mass is 32.0. The minimum Gasteiger partial charge on any atom is -0.389 e. The third kappa shape index (κ3) is 41.4. The Balaban J connectivity index is -0.0000000580. The maximum absolute atomic E-state index is 12.7. The molecule has 0 aliphatic carbocycles. The van der Waals surface area contributed by atoms with Crippen molar-refractivity contribution in [3.8, 4) is 0 Å². The Morgan fingerprint density at radius 3 is 0.909 bits per heavy atom. The third-order valence-corrected chi connectivity index (χ3v) is 18.6. The van der Waals surface area contributed by atoms with Gasteiger partial charge in [0.25, 0.3) is 0 Å². The van der Waals surface area contributed by atoms with Crippen molar-refractivity contribution in [1.82, 2.24) is 0 Å². The molecule has 0 amide bonds. The maximum Gasteiger partial charge on any atom is 0.419 e. The quantitative estimate of drug-likeness (QED) is 0.132. The Bertz CT molecular complexity index is 552. The average molecular weight is 835 g/mol. The molecule has 44 heavy (non-hydrogen) atoms. The summed E-state index contributed by atoms with van der Waals surface area (Å²) in [6.07, 6.45) is -8.76. The van der Waals surface area contributed by atoms with Gasteiger partial charge in [-0.3, -0.25) is 0 Å². The highest BCUT2D eigenvalue weighted by Gasteiger charge is 2.55. The van der Waals surface area contributed by atoms with E-state index < -0.39 is 35.8 Å². The number of hydrogen-bond donors (Lipinski definition) is 1. The standard InChI is InChI=1S/2C7H15F4OP3.C4H13OP3.6CH4/c2*1-5(14-4-15(3)13)12-7(10,11)6(2,8)9;1-4(5)7-3-8(2)6;;;;;;/h2*5,14H,4,13H2,1-3H3;4-5,7H,3,6H2,1-2H3;6*1H4. The summed E-state index contributed by atoms with van der Waals surface area (Å²) < 4.78 is 109. The number of alkyl halides is 8. The van der Waals surface area contributed by atoms with Gasteiger partial charge >= 0.3 is 24.1 Å². The van der Waals surface area contributed by atoms with Crippen molar-refractivity contribution in [2.75, 3.05) is 37.7 Å². The smallest absolute Gasteiger partial charge is 0.389 e. The first-order chi connectivity index (χ1) is 16.7. The number of aliphatic hydroxyl groups excluding tert-OH is 1. The summed E-state index contributed by atoms with van der Waals surface area (Å²) in [5.74, 6) is -7.38. The molecule has 20 heteroatoms. The molecule has 0 bridgehead atoms. The van der Waals surface area contributed by atoms with Crippen molar-refractivity contribution in [3.05, 3.63) is 0 Å². The number of hydrogen-bond acceptors (Lipinski definition) is 3. The molecule has 12 atom stereocenters. The topological polar surface area (TPSA) is 38.7 Å². The Morgan fingerprint density at radius 1 is 0.568 bits per heavy atom. The molecule has 0 heterocycles. The Kier molecular flexibility index (Phi) is 52.3. The van der Waals surface area contributed by atoms with Gasteiger partial charge in [0, 0.05) is 13.8 Å². The van der Waals surface area contributed by atoms with Crippen molar-refractivity contribution < 1.29 is 49.7 Å². The SMILES string of the molecule is C.C.C.C.C.C.CC(O)PCP(C)P.CC(OC(F)(F)C(C)(F)F)PCP(C)P.CC(OC(F)(F)C(C)(F)F)PCP(C)P.